The lowest BCUT2D eigenvalue weighted by molar-refractivity contribution is -0.384. The molecule has 0 aliphatic heterocycles. The minimum atomic E-state index is -0.369. The monoisotopic (exact) mass is 234 g/mol. The van der Waals surface area contributed by atoms with Gasteiger partial charge in [0.2, 0.25) is 7.41 Å². The van der Waals surface area contributed by atoms with Gasteiger partial charge in [-0.3, -0.25) is 10.1 Å². The van der Waals surface area contributed by atoms with E-state index in [-0.39, 0.29) is 10.6 Å². The van der Waals surface area contributed by atoms with Crippen LogP contribution in [0.1, 0.15) is 27.7 Å². The Kier molecular flexibility index (Phi) is 4.69. The number of rotatable bonds is 5. The normalized spacial score (nSPS) is 11.2. The summed E-state index contributed by atoms with van der Waals surface area (Å²) in [7, 11) is 0.827. The summed E-state index contributed by atoms with van der Waals surface area (Å²) >= 11 is 0. The van der Waals surface area contributed by atoms with Crippen LogP contribution in [-0.4, -0.2) is 29.2 Å². The zero-order valence-corrected chi connectivity index (χ0v) is 10.9. The number of hydrogen-bond acceptors (Lipinski definition) is 3. The van der Waals surface area contributed by atoms with Gasteiger partial charge in [0.1, 0.15) is 0 Å². The first-order chi connectivity index (χ1) is 7.91. The molecule has 0 heterocycles. The van der Waals surface area contributed by atoms with Gasteiger partial charge in [-0.2, -0.15) is 0 Å². The van der Waals surface area contributed by atoms with Crippen molar-refractivity contribution >= 4 is 18.6 Å². The van der Waals surface area contributed by atoms with E-state index in [1.54, 1.807) is 12.1 Å². The molecule has 0 amide bonds. The van der Waals surface area contributed by atoms with E-state index in [1.165, 1.54) is 0 Å². The van der Waals surface area contributed by atoms with Gasteiger partial charge in [0.15, 0.2) is 0 Å². The second-order valence-electron chi connectivity index (χ2n) is 4.78. The molecule has 4 nitrogen and oxygen atoms in total. The van der Waals surface area contributed by atoms with Crippen LogP contribution in [0, 0.1) is 10.1 Å². The lowest BCUT2D eigenvalue weighted by Gasteiger charge is -2.30. The molecule has 1 aromatic carbocycles. The van der Waals surface area contributed by atoms with E-state index >= 15 is 0 Å². The van der Waals surface area contributed by atoms with Crippen molar-refractivity contribution in [3.63, 3.8) is 0 Å². The Morgan fingerprint density at radius 1 is 1.12 bits per heavy atom. The van der Waals surface area contributed by atoms with Crippen LogP contribution < -0.4 is 5.46 Å². The van der Waals surface area contributed by atoms with Gasteiger partial charge >= 0.3 is 0 Å². The van der Waals surface area contributed by atoms with E-state index in [4.69, 9.17) is 0 Å². The topological polar surface area (TPSA) is 46.4 Å². The molecule has 0 N–H and O–H groups in total. The van der Waals surface area contributed by atoms with Gasteiger partial charge in [0.25, 0.3) is 5.69 Å². The molecule has 5 heteroatoms. The molecule has 0 saturated heterocycles. The van der Waals surface area contributed by atoms with E-state index < -0.39 is 0 Å². The van der Waals surface area contributed by atoms with Gasteiger partial charge < -0.3 is 4.81 Å². The Balaban J connectivity index is 2.77. The fraction of sp³-hybridized carbons (Fsp3) is 0.500. The minimum absolute atomic E-state index is 0.148. The first-order valence-corrected chi connectivity index (χ1v) is 5.91. The first kappa shape index (κ1) is 13.7. The van der Waals surface area contributed by atoms with Crippen LogP contribution in [0.5, 0.6) is 0 Å². The van der Waals surface area contributed by atoms with Gasteiger partial charge in [-0.1, -0.05) is 45.3 Å². The van der Waals surface area contributed by atoms with E-state index in [1.807, 2.05) is 12.1 Å². The third kappa shape index (κ3) is 3.86. The summed E-state index contributed by atoms with van der Waals surface area (Å²) in [5.74, 6) is 0. The molecule has 0 aliphatic carbocycles. The van der Waals surface area contributed by atoms with E-state index in [0.29, 0.717) is 12.1 Å². The van der Waals surface area contributed by atoms with Crippen molar-refractivity contribution < 1.29 is 4.92 Å². The third-order valence-corrected chi connectivity index (χ3v) is 2.84. The first-order valence-electron chi connectivity index (χ1n) is 5.91. The fourth-order valence-electron chi connectivity index (χ4n) is 1.90. The standard InChI is InChI=1S/C12H19BN2O2/c1-9(2)14(10(3)4)13-11-5-7-12(8-6-11)15(16)17/h5-10,13H,1-4H3. The largest absolute Gasteiger partial charge is 0.337 e. The van der Waals surface area contributed by atoms with Crippen LogP contribution in [0.3, 0.4) is 0 Å². The average molecular weight is 234 g/mol. The summed E-state index contributed by atoms with van der Waals surface area (Å²) in [5.41, 5.74) is 1.26. The molecule has 0 atom stereocenters. The molecular weight excluding hydrogens is 215 g/mol. The van der Waals surface area contributed by atoms with Crippen LogP contribution in [-0.2, 0) is 0 Å². The van der Waals surface area contributed by atoms with Gasteiger partial charge in [0, 0.05) is 12.1 Å². The Bertz CT molecular complexity index is 369. The lowest BCUT2D eigenvalue weighted by Crippen LogP contribution is -2.45. The molecule has 0 aromatic heterocycles. The minimum Gasteiger partial charge on any atom is -0.337 e. The number of hydrogen-bond donors (Lipinski definition) is 0. The molecule has 0 fully saturated rings. The lowest BCUT2D eigenvalue weighted by atomic mass is 9.78. The Morgan fingerprint density at radius 2 is 1.59 bits per heavy atom. The highest BCUT2D eigenvalue weighted by Gasteiger charge is 2.15. The molecule has 0 saturated carbocycles. The fourth-order valence-corrected chi connectivity index (χ4v) is 1.90. The van der Waals surface area contributed by atoms with E-state index in [9.17, 15) is 10.1 Å². The second-order valence-corrected chi connectivity index (χ2v) is 4.78. The predicted octanol–water partition coefficient (Wildman–Crippen LogP) is 1.69. The highest BCUT2D eigenvalue weighted by Crippen LogP contribution is 2.08. The van der Waals surface area contributed by atoms with Crippen molar-refractivity contribution in [3.05, 3.63) is 34.4 Å². The van der Waals surface area contributed by atoms with Crippen LogP contribution in [0.2, 0.25) is 0 Å². The molecule has 1 aromatic rings. The van der Waals surface area contributed by atoms with Gasteiger partial charge in [-0.05, 0) is 12.1 Å². The van der Waals surface area contributed by atoms with Crippen molar-refractivity contribution in [3.8, 4) is 0 Å². The molecule has 0 spiro atoms. The number of nitrogens with zero attached hydrogens (tertiary/aromatic N) is 2. The number of non-ortho nitro benzene ring substituents is 1. The Labute approximate surface area is 103 Å². The number of nitro groups is 1. The van der Waals surface area contributed by atoms with Crippen molar-refractivity contribution in [1.29, 1.82) is 0 Å². The van der Waals surface area contributed by atoms with Gasteiger partial charge in [-0.15, -0.1) is 0 Å². The predicted molar refractivity (Wildman–Crippen MR) is 72.0 cm³/mol. The highest BCUT2D eigenvalue weighted by molar-refractivity contribution is 6.50. The summed E-state index contributed by atoms with van der Waals surface area (Å²) in [5, 5.41) is 10.5. The number of nitro benzene ring substituents is 1. The van der Waals surface area contributed by atoms with Gasteiger partial charge in [0.05, 0.1) is 4.92 Å². The zero-order valence-electron chi connectivity index (χ0n) is 10.9. The summed E-state index contributed by atoms with van der Waals surface area (Å²) in [4.78, 5) is 12.5. The average Bonchev–Trinajstić information content (AvgIpc) is 2.25. The summed E-state index contributed by atoms with van der Waals surface area (Å²) < 4.78 is 0. The smallest absolute Gasteiger partial charge is 0.269 e. The van der Waals surface area contributed by atoms with Crippen LogP contribution >= 0.6 is 0 Å². The van der Waals surface area contributed by atoms with Crippen LogP contribution in [0.4, 0.5) is 5.69 Å². The maximum atomic E-state index is 10.5. The maximum absolute atomic E-state index is 10.5. The SMILES string of the molecule is CC(C)N(Bc1ccc([N+](=O)[O-])cc1)C(C)C. The number of benzene rings is 1. The summed E-state index contributed by atoms with van der Waals surface area (Å²) in [6.07, 6.45) is 0. The molecule has 1 rings (SSSR count). The molecule has 92 valence electrons. The van der Waals surface area contributed by atoms with Crippen molar-refractivity contribution in [2.75, 3.05) is 0 Å². The van der Waals surface area contributed by atoms with Crippen molar-refractivity contribution in [2.45, 2.75) is 39.8 Å². The zero-order chi connectivity index (χ0) is 13.0. The van der Waals surface area contributed by atoms with E-state index in [2.05, 4.69) is 32.5 Å². The molecule has 0 radical (unpaired) electrons. The third-order valence-electron chi connectivity index (χ3n) is 2.84. The molecular formula is C12H19BN2O2. The maximum Gasteiger partial charge on any atom is 0.269 e. The van der Waals surface area contributed by atoms with Crippen molar-refractivity contribution in [1.82, 2.24) is 4.81 Å². The van der Waals surface area contributed by atoms with Crippen LogP contribution in [0.25, 0.3) is 0 Å². The molecule has 0 unspecified atom stereocenters. The summed E-state index contributed by atoms with van der Waals surface area (Å²) in [6, 6.07) is 7.71. The van der Waals surface area contributed by atoms with Crippen LogP contribution in [0.15, 0.2) is 24.3 Å². The van der Waals surface area contributed by atoms with Gasteiger partial charge in [-0.25, -0.2) is 0 Å². The Morgan fingerprint density at radius 3 is 1.94 bits per heavy atom. The second kappa shape index (κ2) is 5.82. The molecule has 0 bridgehead atoms. The Hall–Kier alpha value is -1.36. The molecule has 0 aliphatic rings. The van der Waals surface area contributed by atoms with Crippen molar-refractivity contribution in [2.24, 2.45) is 0 Å². The highest BCUT2D eigenvalue weighted by atomic mass is 16.6. The van der Waals surface area contributed by atoms with E-state index in [0.717, 1.165) is 12.9 Å². The quantitative estimate of drug-likeness (QED) is 0.442. The summed E-state index contributed by atoms with van der Waals surface area (Å²) in [6.45, 7) is 8.63. The molecule has 17 heavy (non-hydrogen) atoms.